The van der Waals surface area contributed by atoms with Gasteiger partial charge in [-0.15, -0.1) is 0 Å². The maximum atomic E-state index is 13.7. The van der Waals surface area contributed by atoms with Crippen molar-refractivity contribution < 1.29 is 13.7 Å². The minimum Gasteiger partial charge on any atom is -0.339 e. The van der Waals surface area contributed by atoms with Crippen LogP contribution >= 0.6 is 0 Å². The molecule has 0 spiro atoms. The van der Waals surface area contributed by atoms with Crippen LogP contribution < -0.4 is 5.32 Å². The van der Waals surface area contributed by atoms with Crippen molar-refractivity contribution in [3.8, 4) is 17.5 Å². The molecule has 0 bridgehead atoms. The third-order valence-electron chi connectivity index (χ3n) is 4.12. The van der Waals surface area contributed by atoms with E-state index in [-0.39, 0.29) is 11.1 Å². The molecule has 4 rings (SSSR count). The predicted molar refractivity (Wildman–Crippen MR) is 90.8 cm³/mol. The average molecular weight is 348 g/mol. The van der Waals surface area contributed by atoms with Gasteiger partial charge < -0.3 is 9.84 Å². The van der Waals surface area contributed by atoms with Gasteiger partial charge in [0.1, 0.15) is 17.4 Å². The fourth-order valence-electron chi connectivity index (χ4n) is 2.61. The number of aromatic nitrogens is 2. The van der Waals surface area contributed by atoms with Crippen LogP contribution in [0.1, 0.15) is 40.6 Å². The van der Waals surface area contributed by atoms with Crippen LogP contribution in [0.2, 0.25) is 0 Å². The Labute approximate surface area is 148 Å². The number of carbonyl (C=O) groups excluding carboxylic acids is 1. The molecular weight excluding hydrogens is 335 g/mol. The molecule has 1 amide bonds. The van der Waals surface area contributed by atoms with E-state index in [0.29, 0.717) is 28.9 Å². The van der Waals surface area contributed by atoms with Gasteiger partial charge in [0.25, 0.3) is 5.91 Å². The number of nitrogens with zero attached hydrogens (tertiary/aromatic N) is 3. The number of anilines is 1. The van der Waals surface area contributed by atoms with Crippen molar-refractivity contribution in [2.45, 2.75) is 18.8 Å². The zero-order chi connectivity index (χ0) is 18.1. The topological polar surface area (TPSA) is 91.8 Å². The Hall–Kier alpha value is -3.53. The van der Waals surface area contributed by atoms with E-state index >= 15 is 0 Å². The number of amides is 1. The van der Waals surface area contributed by atoms with E-state index in [1.807, 2.05) is 0 Å². The zero-order valence-corrected chi connectivity index (χ0v) is 13.6. The van der Waals surface area contributed by atoms with Gasteiger partial charge in [0.15, 0.2) is 0 Å². The normalized spacial score (nSPS) is 13.2. The number of hydrogen-bond acceptors (Lipinski definition) is 5. The summed E-state index contributed by atoms with van der Waals surface area (Å²) in [6.07, 6.45) is 2.12. The van der Waals surface area contributed by atoms with Gasteiger partial charge >= 0.3 is 0 Å². The van der Waals surface area contributed by atoms with Gasteiger partial charge in [0, 0.05) is 17.2 Å². The van der Waals surface area contributed by atoms with E-state index in [9.17, 15) is 9.18 Å². The van der Waals surface area contributed by atoms with Crippen LogP contribution in [-0.4, -0.2) is 16.0 Å². The van der Waals surface area contributed by atoms with E-state index in [2.05, 4.69) is 15.5 Å². The van der Waals surface area contributed by atoms with E-state index < -0.39 is 11.7 Å². The molecule has 3 aromatic rings. The van der Waals surface area contributed by atoms with Crippen LogP contribution in [0.5, 0.6) is 0 Å². The highest BCUT2D eigenvalue weighted by Crippen LogP contribution is 2.39. The molecule has 1 saturated carbocycles. The van der Waals surface area contributed by atoms with Crippen LogP contribution in [0.3, 0.4) is 0 Å². The second-order valence-corrected chi connectivity index (χ2v) is 6.04. The Kier molecular flexibility index (Phi) is 3.93. The van der Waals surface area contributed by atoms with E-state index in [4.69, 9.17) is 9.78 Å². The molecule has 0 atom stereocenters. The highest BCUT2D eigenvalue weighted by molar-refractivity contribution is 6.06. The Morgan fingerprint density at radius 1 is 1.27 bits per heavy atom. The second kappa shape index (κ2) is 6.41. The van der Waals surface area contributed by atoms with Crippen molar-refractivity contribution in [3.05, 3.63) is 65.3 Å². The minimum atomic E-state index is -0.728. The van der Waals surface area contributed by atoms with Crippen molar-refractivity contribution in [1.29, 1.82) is 5.26 Å². The third kappa shape index (κ3) is 3.05. The summed E-state index contributed by atoms with van der Waals surface area (Å²) in [5.41, 5.74) is 0.874. The number of halogens is 1. The first-order chi connectivity index (χ1) is 12.7. The molecule has 1 heterocycles. The summed E-state index contributed by atoms with van der Waals surface area (Å²) in [5.74, 6) is 0.147. The average Bonchev–Trinajstić information content (AvgIpc) is 3.38. The van der Waals surface area contributed by atoms with Gasteiger partial charge in [-0.2, -0.15) is 10.2 Å². The van der Waals surface area contributed by atoms with Crippen LogP contribution in [0.25, 0.3) is 11.4 Å². The molecule has 1 fully saturated rings. The van der Waals surface area contributed by atoms with Crippen LogP contribution in [0.15, 0.2) is 47.0 Å². The summed E-state index contributed by atoms with van der Waals surface area (Å²) in [6.45, 7) is 0. The number of hydrogen-bond donors (Lipinski definition) is 1. The fraction of sp³-hybridized carbons (Fsp3) is 0.158. The third-order valence-corrected chi connectivity index (χ3v) is 4.12. The summed E-state index contributed by atoms with van der Waals surface area (Å²) in [7, 11) is 0. The quantitative estimate of drug-likeness (QED) is 0.772. The first kappa shape index (κ1) is 16.0. The second-order valence-electron chi connectivity index (χ2n) is 6.04. The Bertz CT molecular complexity index is 1030. The van der Waals surface area contributed by atoms with Crippen molar-refractivity contribution in [2.75, 3.05) is 5.32 Å². The summed E-state index contributed by atoms with van der Waals surface area (Å²) in [6, 6.07) is 12.6. The maximum Gasteiger partial charge on any atom is 0.257 e. The molecule has 1 N–H and O–H groups in total. The number of benzene rings is 2. The molecule has 1 aliphatic rings. The maximum absolute atomic E-state index is 13.7. The zero-order valence-electron chi connectivity index (χ0n) is 13.6. The number of carbonyl (C=O) groups is 1. The standard InChI is InChI=1S/C19H13FN4O2/c20-16-6-2-5-14(15(16)10-21)18(25)22-13-4-1-3-12(9-13)17-23-19(26-24-17)11-7-8-11/h1-6,9,11H,7-8H2,(H,22,25). The van der Waals surface area contributed by atoms with Crippen molar-refractivity contribution in [3.63, 3.8) is 0 Å². The molecule has 26 heavy (non-hydrogen) atoms. The van der Waals surface area contributed by atoms with Crippen molar-refractivity contribution in [1.82, 2.24) is 10.1 Å². The van der Waals surface area contributed by atoms with Gasteiger partial charge in [-0.25, -0.2) is 4.39 Å². The summed E-state index contributed by atoms with van der Waals surface area (Å²) < 4.78 is 18.9. The van der Waals surface area contributed by atoms with E-state index in [0.717, 1.165) is 18.9 Å². The highest BCUT2D eigenvalue weighted by Gasteiger charge is 2.29. The highest BCUT2D eigenvalue weighted by atomic mass is 19.1. The van der Waals surface area contributed by atoms with Crippen molar-refractivity contribution in [2.24, 2.45) is 0 Å². The molecule has 128 valence electrons. The monoisotopic (exact) mass is 348 g/mol. The molecule has 6 nitrogen and oxygen atoms in total. The Morgan fingerprint density at radius 2 is 2.08 bits per heavy atom. The van der Waals surface area contributed by atoms with Gasteiger partial charge in [-0.3, -0.25) is 4.79 Å². The lowest BCUT2D eigenvalue weighted by Crippen LogP contribution is -2.14. The van der Waals surface area contributed by atoms with Crippen LogP contribution in [0, 0.1) is 17.1 Å². The van der Waals surface area contributed by atoms with Crippen LogP contribution in [-0.2, 0) is 0 Å². The first-order valence-electron chi connectivity index (χ1n) is 8.09. The fourth-order valence-corrected chi connectivity index (χ4v) is 2.61. The van der Waals surface area contributed by atoms with Crippen molar-refractivity contribution >= 4 is 11.6 Å². The van der Waals surface area contributed by atoms with E-state index in [1.165, 1.54) is 12.1 Å². The number of nitriles is 1. The largest absolute Gasteiger partial charge is 0.339 e. The predicted octanol–water partition coefficient (Wildman–Crippen LogP) is 3.88. The lowest BCUT2D eigenvalue weighted by molar-refractivity contribution is 0.102. The van der Waals surface area contributed by atoms with E-state index in [1.54, 1.807) is 30.3 Å². The Balaban J connectivity index is 1.58. The van der Waals surface area contributed by atoms with Crippen LogP contribution in [0.4, 0.5) is 10.1 Å². The molecule has 7 heteroatoms. The van der Waals surface area contributed by atoms with Gasteiger partial charge in [-0.1, -0.05) is 23.4 Å². The summed E-state index contributed by atoms with van der Waals surface area (Å²) >= 11 is 0. The molecule has 1 aliphatic carbocycles. The van der Waals surface area contributed by atoms with Gasteiger partial charge in [0.2, 0.25) is 11.7 Å². The van der Waals surface area contributed by atoms with Gasteiger partial charge in [-0.05, 0) is 37.1 Å². The van der Waals surface area contributed by atoms with Gasteiger partial charge in [0.05, 0.1) is 5.56 Å². The lowest BCUT2D eigenvalue weighted by atomic mass is 10.1. The smallest absolute Gasteiger partial charge is 0.257 e. The number of rotatable bonds is 4. The molecule has 0 saturated heterocycles. The molecule has 0 unspecified atom stereocenters. The molecule has 0 aliphatic heterocycles. The number of nitrogens with one attached hydrogen (secondary N) is 1. The summed E-state index contributed by atoms with van der Waals surface area (Å²) in [5, 5.41) is 15.7. The SMILES string of the molecule is N#Cc1c(F)cccc1C(=O)Nc1cccc(-c2noc(C3CC3)n2)c1. The summed E-state index contributed by atoms with van der Waals surface area (Å²) in [4.78, 5) is 16.8. The minimum absolute atomic E-state index is 0.0199. The molecular formula is C19H13FN4O2. The lowest BCUT2D eigenvalue weighted by Gasteiger charge is -2.08. The molecule has 0 radical (unpaired) electrons. The first-order valence-corrected chi connectivity index (χ1v) is 8.09. The Morgan fingerprint density at radius 3 is 2.85 bits per heavy atom. The molecule has 1 aromatic heterocycles. The molecule has 2 aromatic carbocycles.